The first-order valence-electron chi connectivity index (χ1n) is 10.7. The van der Waals surface area contributed by atoms with Crippen LogP contribution in [0.4, 0.5) is 17.6 Å². The number of halogens is 4. The molecule has 1 aromatic carbocycles. The predicted molar refractivity (Wildman–Crippen MR) is 119 cm³/mol. The quantitative estimate of drug-likeness (QED) is 0.432. The van der Waals surface area contributed by atoms with Crippen molar-refractivity contribution in [2.75, 3.05) is 0 Å². The third-order valence-corrected chi connectivity index (χ3v) is 5.88. The fourth-order valence-corrected chi connectivity index (χ4v) is 3.91. The molecular formula is C23H21F4N5O3. The molecule has 35 heavy (non-hydrogen) atoms. The summed E-state index contributed by atoms with van der Waals surface area (Å²) in [6, 6.07) is 7.36. The number of aliphatic hydroxyl groups is 1. The van der Waals surface area contributed by atoms with Crippen molar-refractivity contribution in [3.63, 3.8) is 0 Å². The molecule has 0 bridgehead atoms. The van der Waals surface area contributed by atoms with Gasteiger partial charge in [-0.25, -0.2) is 14.2 Å². The lowest BCUT2D eigenvalue weighted by molar-refractivity contribution is -0.146. The molecule has 3 heterocycles. The fraction of sp³-hybridized carbons (Fsp3) is 0.304. The summed E-state index contributed by atoms with van der Waals surface area (Å²) in [6.07, 6.45) is -3.64. The summed E-state index contributed by atoms with van der Waals surface area (Å²) in [5.74, 6) is -3.94. The Bertz CT molecular complexity index is 1550. The van der Waals surface area contributed by atoms with Crippen LogP contribution in [0.25, 0.3) is 22.4 Å². The average molecular weight is 491 g/mol. The molecule has 0 radical (unpaired) electrons. The highest BCUT2D eigenvalue weighted by atomic mass is 19.4. The highest BCUT2D eigenvalue weighted by molar-refractivity contribution is 5.83. The van der Waals surface area contributed by atoms with E-state index in [1.54, 1.807) is 38.1 Å². The molecule has 4 aromatic rings. The van der Waals surface area contributed by atoms with Gasteiger partial charge in [0.2, 0.25) is 0 Å². The number of aryl methyl sites for hydroxylation is 1. The van der Waals surface area contributed by atoms with E-state index in [4.69, 9.17) is 0 Å². The number of fused-ring (bicyclic) bond motifs is 1. The maximum Gasteiger partial charge on any atom is 0.395 e. The van der Waals surface area contributed by atoms with Crippen LogP contribution in [0.2, 0.25) is 0 Å². The number of aromatic nitrogens is 5. The van der Waals surface area contributed by atoms with Crippen molar-refractivity contribution in [1.82, 2.24) is 23.9 Å². The van der Waals surface area contributed by atoms with E-state index in [0.29, 0.717) is 15.9 Å². The highest BCUT2D eigenvalue weighted by Gasteiger charge is 2.39. The molecule has 0 spiro atoms. The van der Waals surface area contributed by atoms with E-state index < -0.39 is 47.1 Å². The van der Waals surface area contributed by atoms with Gasteiger partial charge in [-0.2, -0.15) is 17.9 Å². The molecule has 0 unspecified atom stereocenters. The lowest BCUT2D eigenvalue weighted by Gasteiger charge is -2.20. The number of rotatable bonds is 5. The van der Waals surface area contributed by atoms with Crippen LogP contribution in [0.1, 0.15) is 36.7 Å². The third-order valence-electron chi connectivity index (χ3n) is 5.88. The number of para-hydroxylation sites is 1. The van der Waals surface area contributed by atoms with Crippen LogP contribution in [-0.2, 0) is 13.2 Å². The van der Waals surface area contributed by atoms with Crippen molar-refractivity contribution in [1.29, 1.82) is 0 Å². The minimum Gasteiger partial charge on any atom is -0.388 e. The van der Waals surface area contributed by atoms with E-state index in [9.17, 15) is 27.9 Å². The Morgan fingerprint density at radius 1 is 1.17 bits per heavy atom. The van der Waals surface area contributed by atoms with E-state index in [0.717, 1.165) is 28.3 Å². The summed E-state index contributed by atoms with van der Waals surface area (Å²) in [6.45, 7) is 3.70. The molecule has 0 saturated carbocycles. The topological polar surface area (TPSA) is 94.9 Å². The van der Waals surface area contributed by atoms with E-state index in [2.05, 4.69) is 10.1 Å². The zero-order valence-corrected chi connectivity index (χ0v) is 19.0. The molecule has 1 N–H and O–H groups in total. The molecule has 3 aromatic heterocycles. The first kappa shape index (κ1) is 24.3. The first-order chi connectivity index (χ1) is 16.5. The third kappa shape index (κ3) is 4.03. The number of hydrogen-bond donors (Lipinski definition) is 1. The Kier molecular flexibility index (Phi) is 6.09. The van der Waals surface area contributed by atoms with Crippen LogP contribution in [0.5, 0.6) is 0 Å². The summed E-state index contributed by atoms with van der Waals surface area (Å²) in [4.78, 5) is 30.0. The van der Waals surface area contributed by atoms with E-state index in [1.807, 2.05) is 0 Å². The number of pyridine rings is 2. The van der Waals surface area contributed by atoms with Gasteiger partial charge in [0.15, 0.2) is 17.5 Å². The van der Waals surface area contributed by atoms with Crippen molar-refractivity contribution < 1.29 is 22.7 Å². The summed E-state index contributed by atoms with van der Waals surface area (Å²) >= 11 is 0. The van der Waals surface area contributed by atoms with Gasteiger partial charge in [-0.3, -0.25) is 13.9 Å². The maximum absolute atomic E-state index is 15.2. The normalized spacial score (nSPS) is 12.9. The van der Waals surface area contributed by atoms with Crippen molar-refractivity contribution in [2.45, 2.75) is 46.0 Å². The van der Waals surface area contributed by atoms with Crippen molar-refractivity contribution in [2.24, 2.45) is 0 Å². The SMILES string of the molecule is CCn1c(CO)nn(-c2nc3c([C@H](C)C(F)(F)F)cn(-c4ccccc4C)c(=O)c3cc2F)c1=O. The van der Waals surface area contributed by atoms with Gasteiger partial charge >= 0.3 is 11.9 Å². The largest absolute Gasteiger partial charge is 0.395 e. The van der Waals surface area contributed by atoms with Gasteiger partial charge in [-0.1, -0.05) is 18.2 Å². The minimum atomic E-state index is -4.69. The Hall–Kier alpha value is -3.80. The number of benzene rings is 1. The summed E-state index contributed by atoms with van der Waals surface area (Å²) < 4.78 is 59.3. The van der Waals surface area contributed by atoms with Gasteiger partial charge in [-0.05, 0) is 38.5 Å². The fourth-order valence-electron chi connectivity index (χ4n) is 3.91. The maximum atomic E-state index is 15.2. The average Bonchev–Trinajstić information content (AvgIpc) is 3.14. The number of nitrogens with zero attached hydrogens (tertiary/aromatic N) is 5. The second-order valence-corrected chi connectivity index (χ2v) is 8.01. The molecule has 8 nitrogen and oxygen atoms in total. The van der Waals surface area contributed by atoms with Crippen LogP contribution < -0.4 is 11.2 Å². The number of aliphatic hydroxyl groups excluding tert-OH is 1. The summed E-state index contributed by atoms with van der Waals surface area (Å²) in [7, 11) is 0. The molecule has 0 fully saturated rings. The Morgan fingerprint density at radius 2 is 1.86 bits per heavy atom. The number of alkyl halides is 3. The van der Waals surface area contributed by atoms with E-state index in [1.165, 1.54) is 0 Å². The highest BCUT2D eigenvalue weighted by Crippen LogP contribution is 2.37. The van der Waals surface area contributed by atoms with Gasteiger partial charge in [0.25, 0.3) is 5.56 Å². The molecule has 0 amide bonds. The van der Waals surface area contributed by atoms with Gasteiger partial charge in [-0.15, -0.1) is 5.10 Å². The standard InChI is InChI=1S/C23H21F4N5O3/c1-4-30-18(11-33)29-32(22(30)35)20-16(24)9-14-19(28-20)15(13(3)23(25,26)27)10-31(21(14)34)17-8-6-5-7-12(17)2/h5-10,13,33H,4,11H2,1-3H3/t13-/m0/s1. The van der Waals surface area contributed by atoms with Crippen LogP contribution in [0.3, 0.4) is 0 Å². The molecule has 1 atom stereocenters. The molecule has 4 rings (SSSR count). The van der Waals surface area contributed by atoms with Gasteiger partial charge in [0.1, 0.15) is 6.61 Å². The van der Waals surface area contributed by atoms with Gasteiger partial charge in [0.05, 0.1) is 22.5 Å². The molecular weight excluding hydrogens is 470 g/mol. The van der Waals surface area contributed by atoms with Crippen LogP contribution in [0, 0.1) is 12.7 Å². The van der Waals surface area contributed by atoms with E-state index >= 15 is 4.39 Å². The molecule has 184 valence electrons. The smallest absolute Gasteiger partial charge is 0.388 e. The predicted octanol–water partition coefficient (Wildman–Crippen LogP) is 3.36. The van der Waals surface area contributed by atoms with Crippen molar-refractivity contribution in [3.8, 4) is 11.5 Å². The van der Waals surface area contributed by atoms with Crippen molar-refractivity contribution >= 4 is 10.9 Å². The molecule has 12 heteroatoms. The van der Waals surface area contributed by atoms with Gasteiger partial charge < -0.3 is 5.11 Å². The second kappa shape index (κ2) is 8.77. The Morgan fingerprint density at radius 3 is 2.43 bits per heavy atom. The lowest BCUT2D eigenvalue weighted by Crippen LogP contribution is -2.27. The van der Waals surface area contributed by atoms with Crippen LogP contribution >= 0.6 is 0 Å². The first-order valence-corrected chi connectivity index (χ1v) is 10.7. The zero-order chi connectivity index (χ0) is 25.7. The number of hydrogen-bond acceptors (Lipinski definition) is 5. The summed E-state index contributed by atoms with van der Waals surface area (Å²) in [5, 5.41) is 12.9. The summed E-state index contributed by atoms with van der Waals surface area (Å²) in [5.41, 5.74) is -1.41. The molecule has 0 aliphatic rings. The minimum absolute atomic E-state index is 0.0716. The van der Waals surface area contributed by atoms with Crippen molar-refractivity contribution in [3.05, 3.63) is 80.1 Å². The van der Waals surface area contributed by atoms with Crippen LogP contribution in [0.15, 0.2) is 46.1 Å². The zero-order valence-electron chi connectivity index (χ0n) is 19.0. The Labute approximate surface area is 195 Å². The van der Waals surface area contributed by atoms with Crippen LogP contribution in [-0.4, -0.2) is 35.2 Å². The second-order valence-electron chi connectivity index (χ2n) is 8.01. The monoisotopic (exact) mass is 491 g/mol. The molecule has 0 aliphatic carbocycles. The lowest BCUT2D eigenvalue weighted by atomic mass is 9.99. The van der Waals surface area contributed by atoms with E-state index in [-0.39, 0.29) is 23.3 Å². The molecule has 0 saturated heterocycles. The molecule has 0 aliphatic heterocycles. The Balaban J connectivity index is 2.10. The van der Waals surface area contributed by atoms with Gasteiger partial charge in [0, 0.05) is 18.3 Å².